The molecule has 0 saturated carbocycles. The zero-order valence-corrected chi connectivity index (χ0v) is 15.3. The molecular formula is C20H25N5O2. The normalized spacial score (nSPS) is 27.7. The number of benzene rings is 1. The second-order valence-corrected chi connectivity index (χ2v) is 7.17. The number of rotatable bonds is 4. The van der Waals surface area contributed by atoms with Crippen molar-refractivity contribution in [1.82, 2.24) is 20.7 Å². The molecule has 1 aromatic heterocycles. The standard InChI is InChI=1S/C20H25N5O2/c1-27-14-6-4-5-13(9-14)15-11-25(12-16(15)21)20(26)19-10-18(23-24-19)17-7-2-3-8-22-17/h2-9,15-16,18-19,23-24H,10-12,21H2,1H3/t15-,16+,18?,19?/m0/s1. The highest BCUT2D eigenvalue weighted by Crippen LogP contribution is 2.30. The second-order valence-electron chi connectivity index (χ2n) is 7.17. The summed E-state index contributed by atoms with van der Waals surface area (Å²) in [5.41, 5.74) is 14.7. The van der Waals surface area contributed by atoms with Gasteiger partial charge in [0.05, 0.1) is 18.8 Å². The predicted octanol–water partition coefficient (Wildman–Crippen LogP) is 0.951. The summed E-state index contributed by atoms with van der Waals surface area (Å²) in [7, 11) is 1.65. The molecule has 7 heteroatoms. The number of hydrogen-bond acceptors (Lipinski definition) is 6. The minimum absolute atomic E-state index is 0.0330. The molecule has 0 radical (unpaired) electrons. The van der Waals surface area contributed by atoms with Crippen LogP contribution in [-0.2, 0) is 4.79 Å². The molecule has 3 heterocycles. The lowest BCUT2D eigenvalue weighted by molar-refractivity contribution is -0.132. The smallest absolute Gasteiger partial charge is 0.241 e. The van der Waals surface area contributed by atoms with E-state index >= 15 is 0 Å². The van der Waals surface area contributed by atoms with Crippen LogP contribution < -0.4 is 21.3 Å². The maximum Gasteiger partial charge on any atom is 0.241 e. The quantitative estimate of drug-likeness (QED) is 0.745. The van der Waals surface area contributed by atoms with Gasteiger partial charge in [-0.15, -0.1) is 0 Å². The molecule has 142 valence electrons. The van der Waals surface area contributed by atoms with Crippen LogP contribution in [-0.4, -0.2) is 48.1 Å². The van der Waals surface area contributed by atoms with Crippen LogP contribution in [0.2, 0.25) is 0 Å². The molecule has 27 heavy (non-hydrogen) atoms. The minimum Gasteiger partial charge on any atom is -0.497 e. The van der Waals surface area contributed by atoms with Crippen LogP contribution in [0.4, 0.5) is 0 Å². The maximum absolute atomic E-state index is 13.0. The number of amides is 1. The molecule has 2 aliphatic heterocycles. The Bertz CT molecular complexity index is 800. The Morgan fingerprint density at radius 2 is 2.11 bits per heavy atom. The zero-order chi connectivity index (χ0) is 18.8. The molecule has 1 aromatic carbocycles. The van der Waals surface area contributed by atoms with Crippen molar-refractivity contribution >= 4 is 5.91 Å². The average molecular weight is 367 g/mol. The molecule has 4 rings (SSSR count). The number of nitrogens with two attached hydrogens (primary N) is 1. The fourth-order valence-electron chi connectivity index (χ4n) is 3.95. The van der Waals surface area contributed by atoms with Gasteiger partial charge in [0, 0.05) is 31.2 Å². The van der Waals surface area contributed by atoms with Crippen LogP contribution in [0, 0.1) is 0 Å². The van der Waals surface area contributed by atoms with Crippen molar-refractivity contribution in [3.05, 3.63) is 59.9 Å². The fourth-order valence-corrected chi connectivity index (χ4v) is 3.95. The van der Waals surface area contributed by atoms with Gasteiger partial charge < -0.3 is 15.4 Å². The van der Waals surface area contributed by atoms with E-state index in [4.69, 9.17) is 10.5 Å². The summed E-state index contributed by atoms with van der Waals surface area (Å²) in [5.74, 6) is 1.01. The first-order chi connectivity index (χ1) is 13.2. The largest absolute Gasteiger partial charge is 0.497 e. The van der Waals surface area contributed by atoms with E-state index in [2.05, 4.69) is 15.8 Å². The van der Waals surface area contributed by atoms with Gasteiger partial charge in [0.2, 0.25) is 5.91 Å². The van der Waals surface area contributed by atoms with E-state index in [-0.39, 0.29) is 30.0 Å². The number of nitrogens with zero attached hydrogens (tertiary/aromatic N) is 2. The number of aromatic nitrogens is 1. The summed E-state index contributed by atoms with van der Waals surface area (Å²) in [6, 6.07) is 13.4. The molecule has 7 nitrogen and oxygen atoms in total. The molecular weight excluding hydrogens is 342 g/mol. The Hall–Kier alpha value is -2.48. The number of nitrogens with one attached hydrogen (secondary N) is 2. The van der Waals surface area contributed by atoms with Gasteiger partial charge in [-0.25, -0.2) is 10.9 Å². The van der Waals surface area contributed by atoms with Crippen LogP contribution in [0.5, 0.6) is 5.75 Å². The van der Waals surface area contributed by atoms with E-state index in [1.165, 1.54) is 0 Å². The average Bonchev–Trinajstić information content (AvgIpc) is 3.35. The number of likely N-dealkylation sites (tertiary alicyclic amines) is 1. The van der Waals surface area contributed by atoms with E-state index < -0.39 is 0 Å². The van der Waals surface area contributed by atoms with Crippen molar-refractivity contribution in [3.8, 4) is 5.75 Å². The molecule has 1 amide bonds. The van der Waals surface area contributed by atoms with Crippen molar-refractivity contribution in [2.45, 2.75) is 30.5 Å². The van der Waals surface area contributed by atoms with E-state index in [9.17, 15) is 4.79 Å². The summed E-state index contributed by atoms with van der Waals surface area (Å²) in [6.07, 6.45) is 2.44. The van der Waals surface area contributed by atoms with E-state index in [1.807, 2.05) is 47.4 Å². The summed E-state index contributed by atoms with van der Waals surface area (Å²) >= 11 is 0. The molecule has 2 unspecified atom stereocenters. The first-order valence-electron chi connectivity index (χ1n) is 9.26. The van der Waals surface area contributed by atoms with Gasteiger partial charge in [-0.05, 0) is 36.2 Å². The highest BCUT2D eigenvalue weighted by molar-refractivity contribution is 5.82. The second kappa shape index (κ2) is 7.64. The Kier molecular flexibility index (Phi) is 5.07. The lowest BCUT2D eigenvalue weighted by Crippen LogP contribution is -2.45. The molecule has 4 atom stereocenters. The third-order valence-electron chi connectivity index (χ3n) is 5.44. The molecule has 4 N–H and O–H groups in total. The van der Waals surface area contributed by atoms with E-state index in [0.29, 0.717) is 19.5 Å². The number of methoxy groups -OCH3 is 1. The third kappa shape index (κ3) is 3.66. The summed E-state index contributed by atoms with van der Waals surface area (Å²) in [4.78, 5) is 19.2. The monoisotopic (exact) mass is 367 g/mol. The van der Waals surface area contributed by atoms with Crippen molar-refractivity contribution in [2.75, 3.05) is 20.2 Å². The number of pyridine rings is 1. The Labute approximate surface area is 158 Å². The van der Waals surface area contributed by atoms with Gasteiger partial charge >= 0.3 is 0 Å². The van der Waals surface area contributed by atoms with Crippen LogP contribution >= 0.6 is 0 Å². The van der Waals surface area contributed by atoms with E-state index in [1.54, 1.807) is 13.3 Å². The van der Waals surface area contributed by atoms with Crippen molar-refractivity contribution in [2.24, 2.45) is 5.73 Å². The first kappa shape index (κ1) is 17.9. The molecule has 2 fully saturated rings. The van der Waals surface area contributed by atoms with Gasteiger partial charge in [-0.2, -0.15) is 0 Å². The first-order valence-corrected chi connectivity index (χ1v) is 9.26. The zero-order valence-electron chi connectivity index (χ0n) is 15.3. The topological polar surface area (TPSA) is 92.5 Å². The highest BCUT2D eigenvalue weighted by atomic mass is 16.5. The predicted molar refractivity (Wildman–Crippen MR) is 102 cm³/mol. The Morgan fingerprint density at radius 1 is 1.22 bits per heavy atom. The van der Waals surface area contributed by atoms with Crippen LogP contribution in [0.15, 0.2) is 48.7 Å². The number of carbonyl (C=O) groups is 1. The SMILES string of the molecule is COc1cccc([C@@H]2CN(C(=O)C3CC(c4ccccn4)NN3)C[C@H]2N)c1. The molecule has 0 bridgehead atoms. The number of carbonyl (C=O) groups excluding carboxylic acids is 1. The van der Waals surface area contributed by atoms with Gasteiger partial charge in [0.1, 0.15) is 11.8 Å². The summed E-state index contributed by atoms with van der Waals surface area (Å²) in [6.45, 7) is 1.19. The molecule has 0 aliphatic carbocycles. The number of ether oxygens (including phenoxy) is 1. The maximum atomic E-state index is 13.0. The van der Waals surface area contributed by atoms with Crippen molar-refractivity contribution < 1.29 is 9.53 Å². The lowest BCUT2D eigenvalue weighted by atomic mass is 9.95. The number of hydrazine groups is 1. The Balaban J connectivity index is 1.41. The lowest BCUT2D eigenvalue weighted by Gasteiger charge is -2.20. The third-order valence-corrected chi connectivity index (χ3v) is 5.44. The van der Waals surface area contributed by atoms with Gasteiger partial charge in [0.15, 0.2) is 0 Å². The molecule has 0 spiro atoms. The fraction of sp³-hybridized carbons (Fsp3) is 0.400. The molecule has 2 aromatic rings. The molecule has 2 aliphatic rings. The summed E-state index contributed by atoms with van der Waals surface area (Å²) in [5, 5.41) is 0. The van der Waals surface area contributed by atoms with Crippen molar-refractivity contribution in [3.63, 3.8) is 0 Å². The molecule has 2 saturated heterocycles. The van der Waals surface area contributed by atoms with Gasteiger partial charge in [-0.1, -0.05) is 18.2 Å². The summed E-state index contributed by atoms with van der Waals surface area (Å²) < 4.78 is 5.31. The van der Waals surface area contributed by atoms with E-state index in [0.717, 1.165) is 17.0 Å². The Morgan fingerprint density at radius 3 is 2.89 bits per heavy atom. The minimum atomic E-state index is -0.270. The number of hydrogen-bond donors (Lipinski definition) is 3. The van der Waals surface area contributed by atoms with Crippen LogP contribution in [0.1, 0.15) is 29.6 Å². The van der Waals surface area contributed by atoms with Gasteiger partial charge in [-0.3, -0.25) is 9.78 Å². The van der Waals surface area contributed by atoms with Crippen molar-refractivity contribution in [1.29, 1.82) is 0 Å². The highest BCUT2D eigenvalue weighted by Gasteiger charge is 2.39. The van der Waals surface area contributed by atoms with Crippen LogP contribution in [0.3, 0.4) is 0 Å². The van der Waals surface area contributed by atoms with Crippen LogP contribution in [0.25, 0.3) is 0 Å². The van der Waals surface area contributed by atoms with Gasteiger partial charge in [0.25, 0.3) is 0 Å².